The highest BCUT2D eigenvalue weighted by Gasteiger charge is 2.35. The zero-order chi connectivity index (χ0) is 24.4. The van der Waals surface area contributed by atoms with E-state index in [1.54, 1.807) is 50.4 Å². The molecule has 2 atom stereocenters. The van der Waals surface area contributed by atoms with Crippen LogP contribution in [-0.2, 0) is 11.3 Å². The van der Waals surface area contributed by atoms with Crippen LogP contribution < -0.4 is 10.1 Å². The maximum Gasteiger partial charge on any atom is 0.255 e. The van der Waals surface area contributed by atoms with Crippen LogP contribution in [0.2, 0.25) is 10.3 Å². The van der Waals surface area contributed by atoms with Crippen molar-refractivity contribution >= 4 is 35.0 Å². The summed E-state index contributed by atoms with van der Waals surface area (Å²) in [5, 5.41) is 13.0. The van der Waals surface area contributed by atoms with Gasteiger partial charge in [-0.2, -0.15) is 0 Å². The van der Waals surface area contributed by atoms with Crippen LogP contribution in [0.3, 0.4) is 0 Å². The van der Waals surface area contributed by atoms with Gasteiger partial charge in [-0.3, -0.25) is 9.59 Å². The van der Waals surface area contributed by atoms with Crippen molar-refractivity contribution in [3.63, 3.8) is 0 Å². The molecule has 2 amide bonds. The van der Waals surface area contributed by atoms with Crippen molar-refractivity contribution < 1.29 is 19.4 Å². The van der Waals surface area contributed by atoms with Gasteiger partial charge in [-0.1, -0.05) is 35.9 Å². The Morgan fingerprint density at radius 1 is 1.26 bits per heavy atom. The van der Waals surface area contributed by atoms with Crippen molar-refractivity contribution in [2.75, 3.05) is 13.7 Å². The fourth-order valence-corrected chi connectivity index (χ4v) is 4.19. The number of hydrogen-bond donors (Lipinski definition) is 2. The number of nitrogens with zero attached hydrogens (tertiary/aromatic N) is 3. The van der Waals surface area contributed by atoms with Crippen molar-refractivity contribution in [3.8, 4) is 17.0 Å². The van der Waals surface area contributed by atoms with Crippen molar-refractivity contribution in [2.24, 2.45) is 0 Å². The van der Waals surface area contributed by atoms with Gasteiger partial charge in [0, 0.05) is 17.7 Å². The summed E-state index contributed by atoms with van der Waals surface area (Å²) in [5.74, 6) is -0.0455. The van der Waals surface area contributed by atoms with Crippen LogP contribution in [0.25, 0.3) is 11.3 Å². The molecule has 3 aromatic rings. The first-order chi connectivity index (χ1) is 16.3. The maximum atomic E-state index is 13.2. The SMILES string of the molecule is COc1cccc([C@@H](CO)NC(=O)C(C)N2Cc3ccc(-c4nc(Cl)ncc4Cl)cc3C2=O)c1. The Balaban J connectivity index is 1.52. The molecule has 2 aromatic carbocycles. The molecular formula is C24H22Cl2N4O4. The number of aromatic nitrogens is 2. The van der Waals surface area contributed by atoms with E-state index in [1.807, 2.05) is 6.07 Å². The number of ether oxygens (including phenoxy) is 1. The fraction of sp³-hybridized carbons (Fsp3) is 0.250. The number of hydrogen-bond acceptors (Lipinski definition) is 6. The van der Waals surface area contributed by atoms with Crippen LogP contribution in [-0.4, -0.2) is 51.5 Å². The lowest BCUT2D eigenvalue weighted by Gasteiger charge is -2.26. The quantitative estimate of drug-likeness (QED) is 0.479. The summed E-state index contributed by atoms with van der Waals surface area (Å²) >= 11 is 12.1. The molecule has 10 heteroatoms. The summed E-state index contributed by atoms with van der Waals surface area (Å²) in [6.07, 6.45) is 1.40. The Kier molecular flexibility index (Phi) is 7.02. The number of halogens is 2. The summed E-state index contributed by atoms with van der Waals surface area (Å²) in [6.45, 7) is 1.64. The first-order valence-electron chi connectivity index (χ1n) is 10.5. The van der Waals surface area contributed by atoms with E-state index in [0.717, 1.165) is 5.56 Å². The minimum atomic E-state index is -0.764. The summed E-state index contributed by atoms with van der Waals surface area (Å²) in [4.78, 5) is 35.7. The molecular weight excluding hydrogens is 479 g/mol. The Morgan fingerprint density at radius 3 is 2.79 bits per heavy atom. The van der Waals surface area contributed by atoms with Crippen LogP contribution in [0.1, 0.15) is 34.5 Å². The van der Waals surface area contributed by atoms with Crippen LogP contribution in [0.4, 0.5) is 0 Å². The van der Waals surface area contributed by atoms with E-state index >= 15 is 0 Å². The molecule has 0 aliphatic carbocycles. The largest absolute Gasteiger partial charge is 0.497 e. The van der Waals surface area contributed by atoms with E-state index in [-0.39, 0.29) is 30.2 Å². The molecule has 2 heterocycles. The van der Waals surface area contributed by atoms with E-state index in [2.05, 4.69) is 15.3 Å². The van der Waals surface area contributed by atoms with Crippen molar-refractivity contribution in [1.82, 2.24) is 20.2 Å². The number of fused-ring (bicyclic) bond motifs is 1. The molecule has 34 heavy (non-hydrogen) atoms. The molecule has 1 aliphatic rings. The summed E-state index contributed by atoms with van der Waals surface area (Å²) in [6, 6.07) is 11.0. The number of benzene rings is 2. The molecule has 1 aromatic heterocycles. The molecule has 2 N–H and O–H groups in total. The second-order valence-corrected chi connectivity index (χ2v) is 8.58. The topological polar surface area (TPSA) is 105 Å². The van der Waals surface area contributed by atoms with E-state index in [9.17, 15) is 14.7 Å². The Labute approximate surface area is 206 Å². The number of aliphatic hydroxyl groups excluding tert-OH is 1. The standard InChI is InChI=1S/C24H22Cl2N4O4/c1-13(22(32)28-20(12-31)14-4-3-5-17(8-14)34-2)30-11-16-7-6-15(9-18(16)23(30)33)21-19(25)10-27-24(26)29-21/h3-10,13,20,31H,11-12H2,1-2H3,(H,28,32)/t13?,20-/m1/s1. The molecule has 8 nitrogen and oxygen atoms in total. The second kappa shape index (κ2) is 9.97. The van der Waals surface area contributed by atoms with Crippen molar-refractivity contribution in [3.05, 3.63) is 75.7 Å². The number of methoxy groups -OCH3 is 1. The molecule has 176 valence electrons. The molecule has 0 fully saturated rings. The van der Waals surface area contributed by atoms with Crippen LogP contribution in [0.5, 0.6) is 5.75 Å². The van der Waals surface area contributed by atoms with Gasteiger partial charge in [0.25, 0.3) is 5.91 Å². The van der Waals surface area contributed by atoms with E-state index in [4.69, 9.17) is 27.9 Å². The van der Waals surface area contributed by atoms with Gasteiger partial charge >= 0.3 is 0 Å². The number of nitrogens with one attached hydrogen (secondary N) is 1. The third-order valence-corrected chi connectivity index (χ3v) is 6.23. The zero-order valence-corrected chi connectivity index (χ0v) is 20.0. The van der Waals surface area contributed by atoms with Crippen molar-refractivity contribution in [2.45, 2.75) is 25.6 Å². The molecule has 4 rings (SSSR count). The molecule has 0 bridgehead atoms. The highest BCUT2D eigenvalue weighted by Crippen LogP contribution is 2.32. The van der Waals surface area contributed by atoms with Gasteiger partial charge in [-0.05, 0) is 47.9 Å². The lowest BCUT2D eigenvalue weighted by atomic mass is 10.0. The second-order valence-electron chi connectivity index (χ2n) is 7.84. The Bertz CT molecular complexity index is 1250. The molecule has 0 radical (unpaired) electrons. The van der Waals surface area contributed by atoms with Gasteiger partial charge < -0.3 is 20.1 Å². The molecule has 0 saturated heterocycles. The van der Waals surface area contributed by atoms with Gasteiger partial charge in [0.15, 0.2) is 0 Å². The summed E-state index contributed by atoms with van der Waals surface area (Å²) in [5.41, 5.74) is 3.00. The van der Waals surface area contributed by atoms with Gasteiger partial charge in [0.1, 0.15) is 11.8 Å². The highest BCUT2D eigenvalue weighted by atomic mass is 35.5. The molecule has 0 saturated carbocycles. The lowest BCUT2D eigenvalue weighted by Crippen LogP contribution is -2.46. The smallest absolute Gasteiger partial charge is 0.255 e. The van der Waals surface area contributed by atoms with Crippen LogP contribution >= 0.6 is 23.2 Å². The molecule has 1 aliphatic heterocycles. The number of aliphatic hydroxyl groups is 1. The van der Waals surface area contributed by atoms with E-state index < -0.39 is 12.1 Å². The molecule has 1 unspecified atom stereocenters. The Hall–Kier alpha value is -3.20. The predicted molar refractivity (Wildman–Crippen MR) is 128 cm³/mol. The first kappa shape index (κ1) is 23.9. The Morgan fingerprint density at radius 2 is 2.06 bits per heavy atom. The lowest BCUT2D eigenvalue weighted by molar-refractivity contribution is -0.126. The fourth-order valence-electron chi connectivity index (χ4n) is 3.86. The van der Waals surface area contributed by atoms with Crippen molar-refractivity contribution in [1.29, 1.82) is 0 Å². The number of carbonyl (C=O) groups excluding carboxylic acids is 2. The van der Waals surface area contributed by atoms with E-state index in [1.165, 1.54) is 11.1 Å². The highest BCUT2D eigenvalue weighted by molar-refractivity contribution is 6.33. The number of rotatable bonds is 7. The molecule has 0 spiro atoms. The predicted octanol–water partition coefficient (Wildman–Crippen LogP) is 3.65. The van der Waals surface area contributed by atoms with Gasteiger partial charge in [-0.15, -0.1) is 0 Å². The third kappa shape index (κ3) is 4.70. The summed E-state index contributed by atoms with van der Waals surface area (Å²) in [7, 11) is 1.54. The monoisotopic (exact) mass is 500 g/mol. The van der Waals surface area contributed by atoms with Gasteiger partial charge in [0.05, 0.1) is 36.7 Å². The average molecular weight is 501 g/mol. The minimum Gasteiger partial charge on any atom is -0.497 e. The van der Waals surface area contributed by atoms with Crippen LogP contribution in [0, 0.1) is 0 Å². The van der Waals surface area contributed by atoms with Gasteiger partial charge in [0.2, 0.25) is 11.2 Å². The van der Waals surface area contributed by atoms with Gasteiger partial charge in [-0.25, -0.2) is 9.97 Å². The zero-order valence-electron chi connectivity index (χ0n) is 18.5. The van der Waals surface area contributed by atoms with Crippen LogP contribution in [0.15, 0.2) is 48.7 Å². The first-order valence-corrected chi connectivity index (χ1v) is 11.3. The minimum absolute atomic E-state index is 0.0487. The third-order valence-electron chi connectivity index (χ3n) is 5.77. The number of amides is 2. The normalized spacial score (nSPS) is 14.5. The van der Waals surface area contributed by atoms with E-state index in [0.29, 0.717) is 33.2 Å². The number of carbonyl (C=O) groups is 2. The summed E-state index contributed by atoms with van der Waals surface area (Å²) < 4.78 is 5.22. The average Bonchev–Trinajstić information content (AvgIpc) is 3.19. The maximum absolute atomic E-state index is 13.2.